The standard InChI is InChI=1S/C12H14BrNO3/c1-17-12(16)8-5-9(13)7-10(6-8)14-4-2-3-11(14)15/h5-7,11,15H,2-4H2,1H3. The molecule has 1 aromatic carbocycles. The van der Waals surface area contributed by atoms with Crippen molar-refractivity contribution in [2.24, 2.45) is 0 Å². The molecule has 0 saturated carbocycles. The van der Waals surface area contributed by atoms with Gasteiger partial charge in [0.2, 0.25) is 0 Å². The summed E-state index contributed by atoms with van der Waals surface area (Å²) >= 11 is 3.36. The van der Waals surface area contributed by atoms with E-state index in [0.717, 1.165) is 29.5 Å². The van der Waals surface area contributed by atoms with E-state index in [1.165, 1.54) is 7.11 Å². The normalized spacial score (nSPS) is 19.5. The fourth-order valence-corrected chi connectivity index (χ4v) is 2.51. The largest absolute Gasteiger partial charge is 0.465 e. The number of aliphatic hydroxyl groups is 1. The second-order valence-electron chi connectivity index (χ2n) is 4.01. The summed E-state index contributed by atoms with van der Waals surface area (Å²) in [5.41, 5.74) is 1.32. The highest BCUT2D eigenvalue weighted by molar-refractivity contribution is 9.10. The molecule has 1 unspecified atom stereocenters. The Morgan fingerprint density at radius 3 is 2.88 bits per heavy atom. The molecule has 0 bridgehead atoms. The molecule has 0 aliphatic carbocycles. The fraction of sp³-hybridized carbons (Fsp3) is 0.417. The average molecular weight is 300 g/mol. The number of anilines is 1. The number of carbonyl (C=O) groups is 1. The number of rotatable bonds is 2. The zero-order valence-electron chi connectivity index (χ0n) is 9.52. The Kier molecular flexibility index (Phi) is 3.69. The predicted octanol–water partition coefficient (Wildman–Crippen LogP) is 2.15. The van der Waals surface area contributed by atoms with Gasteiger partial charge in [0.25, 0.3) is 0 Å². The molecule has 1 aliphatic rings. The molecule has 0 spiro atoms. The molecule has 2 rings (SSSR count). The van der Waals surface area contributed by atoms with Gasteiger partial charge < -0.3 is 14.7 Å². The number of ether oxygens (including phenoxy) is 1. The molecule has 1 atom stereocenters. The average Bonchev–Trinajstić information content (AvgIpc) is 2.73. The van der Waals surface area contributed by atoms with Crippen LogP contribution in [-0.2, 0) is 4.74 Å². The molecule has 0 aromatic heterocycles. The van der Waals surface area contributed by atoms with Crippen molar-refractivity contribution >= 4 is 27.6 Å². The Balaban J connectivity index is 2.34. The fourth-order valence-electron chi connectivity index (χ4n) is 2.03. The number of hydrogen-bond acceptors (Lipinski definition) is 4. The molecule has 1 aliphatic heterocycles. The third-order valence-electron chi connectivity index (χ3n) is 2.86. The summed E-state index contributed by atoms with van der Waals surface area (Å²) in [5.74, 6) is -0.374. The summed E-state index contributed by atoms with van der Waals surface area (Å²) in [5, 5.41) is 9.81. The van der Waals surface area contributed by atoms with E-state index in [9.17, 15) is 9.90 Å². The summed E-state index contributed by atoms with van der Waals surface area (Å²) in [7, 11) is 1.35. The molecule has 1 heterocycles. The minimum atomic E-state index is -0.463. The number of benzene rings is 1. The van der Waals surface area contributed by atoms with Crippen LogP contribution in [0.25, 0.3) is 0 Å². The van der Waals surface area contributed by atoms with E-state index >= 15 is 0 Å². The molecule has 17 heavy (non-hydrogen) atoms. The van der Waals surface area contributed by atoms with Crippen molar-refractivity contribution in [2.75, 3.05) is 18.6 Å². The maximum absolute atomic E-state index is 11.5. The van der Waals surface area contributed by atoms with Gasteiger partial charge >= 0.3 is 5.97 Å². The second kappa shape index (κ2) is 5.06. The summed E-state index contributed by atoms with van der Waals surface area (Å²) < 4.78 is 5.50. The molecule has 4 nitrogen and oxygen atoms in total. The van der Waals surface area contributed by atoms with Crippen molar-refractivity contribution < 1.29 is 14.6 Å². The Bertz CT molecular complexity index is 436. The maximum atomic E-state index is 11.5. The third-order valence-corrected chi connectivity index (χ3v) is 3.31. The Morgan fingerprint density at radius 2 is 2.29 bits per heavy atom. The van der Waals surface area contributed by atoms with Crippen LogP contribution in [0.5, 0.6) is 0 Å². The smallest absolute Gasteiger partial charge is 0.337 e. The van der Waals surface area contributed by atoms with E-state index in [2.05, 4.69) is 15.9 Å². The van der Waals surface area contributed by atoms with Crippen LogP contribution in [0.2, 0.25) is 0 Å². The monoisotopic (exact) mass is 299 g/mol. The highest BCUT2D eigenvalue weighted by Gasteiger charge is 2.23. The van der Waals surface area contributed by atoms with Gasteiger partial charge in [-0.25, -0.2) is 4.79 Å². The van der Waals surface area contributed by atoms with Gasteiger partial charge in [-0.05, 0) is 31.0 Å². The van der Waals surface area contributed by atoms with Crippen molar-refractivity contribution in [2.45, 2.75) is 19.1 Å². The highest BCUT2D eigenvalue weighted by atomic mass is 79.9. The Hall–Kier alpha value is -1.07. The van der Waals surface area contributed by atoms with E-state index in [-0.39, 0.29) is 5.97 Å². The van der Waals surface area contributed by atoms with E-state index in [4.69, 9.17) is 4.74 Å². The zero-order valence-corrected chi connectivity index (χ0v) is 11.1. The number of aliphatic hydroxyl groups excluding tert-OH is 1. The lowest BCUT2D eigenvalue weighted by atomic mass is 10.2. The van der Waals surface area contributed by atoms with Crippen LogP contribution in [0.15, 0.2) is 22.7 Å². The highest BCUT2D eigenvalue weighted by Crippen LogP contribution is 2.28. The quantitative estimate of drug-likeness (QED) is 0.850. The summed E-state index contributed by atoms with van der Waals surface area (Å²) in [6.07, 6.45) is 1.26. The van der Waals surface area contributed by atoms with Gasteiger partial charge in [0.05, 0.1) is 12.7 Å². The lowest BCUT2D eigenvalue weighted by molar-refractivity contribution is 0.0600. The van der Waals surface area contributed by atoms with Gasteiger partial charge in [0.1, 0.15) is 6.23 Å². The number of halogens is 1. The zero-order chi connectivity index (χ0) is 12.4. The first kappa shape index (κ1) is 12.4. The molecule has 92 valence electrons. The van der Waals surface area contributed by atoms with Crippen LogP contribution in [0, 0.1) is 0 Å². The van der Waals surface area contributed by atoms with Gasteiger partial charge in [-0.1, -0.05) is 15.9 Å². The van der Waals surface area contributed by atoms with E-state index in [1.54, 1.807) is 12.1 Å². The number of carbonyl (C=O) groups excluding carboxylic acids is 1. The molecule has 1 fully saturated rings. The van der Waals surface area contributed by atoms with Crippen LogP contribution in [-0.4, -0.2) is 31.0 Å². The Labute approximate surface area is 108 Å². The van der Waals surface area contributed by atoms with Gasteiger partial charge in [0.15, 0.2) is 0 Å². The van der Waals surface area contributed by atoms with Gasteiger partial charge in [-0.2, -0.15) is 0 Å². The molecular formula is C12H14BrNO3. The Morgan fingerprint density at radius 1 is 1.53 bits per heavy atom. The minimum Gasteiger partial charge on any atom is -0.465 e. The number of nitrogens with zero attached hydrogens (tertiary/aromatic N) is 1. The van der Waals surface area contributed by atoms with E-state index < -0.39 is 6.23 Å². The molecule has 1 N–H and O–H groups in total. The van der Waals surface area contributed by atoms with Crippen molar-refractivity contribution in [3.63, 3.8) is 0 Å². The first-order valence-electron chi connectivity index (χ1n) is 5.45. The van der Waals surface area contributed by atoms with E-state index in [0.29, 0.717) is 5.56 Å². The van der Waals surface area contributed by atoms with Crippen LogP contribution < -0.4 is 4.90 Å². The first-order chi connectivity index (χ1) is 8.11. The van der Waals surface area contributed by atoms with Crippen molar-refractivity contribution in [1.82, 2.24) is 0 Å². The van der Waals surface area contributed by atoms with Crippen molar-refractivity contribution in [3.05, 3.63) is 28.2 Å². The van der Waals surface area contributed by atoms with Gasteiger partial charge in [-0.3, -0.25) is 0 Å². The topological polar surface area (TPSA) is 49.8 Å². The van der Waals surface area contributed by atoms with Crippen LogP contribution in [0.4, 0.5) is 5.69 Å². The molecule has 0 radical (unpaired) electrons. The number of esters is 1. The lowest BCUT2D eigenvalue weighted by Crippen LogP contribution is -2.28. The van der Waals surface area contributed by atoms with Crippen molar-refractivity contribution in [1.29, 1.82) is 0 Å². The summed E-state index contributed by atoms with van der Waals surface area (Å²) in [6.45, 7) is 0.804. The second-order valence-corrected chi connectivity index (χ2v) is 4.92. The SMILES string of the molecule is COC(=O)c1cc(Br)cc(N2CCCC2O)c1. The molecule has 1 saturated heterocycles. The van der Waals surface area contributed by atoms with Crippen LogP contribution in [0.3, 0.4) is 0 Å². The lowest BCUT2D eigenvalue weighted by Gasteiger charge is -2.23. The molecule has 1 aromatic rings. The minimum absolute atomic E-state index is 0.374. The van der Waals surface area contributed by atoms with Crippen LogP contribution in [0.1, 0.15) is 23.2 Å². The molecular weight excluding hydrogens is 286 g/mol. The van der Waals surface area contributed by atoms with Crippen LogP contribution >= 0.6 is 15.9 Å². The maximum Gasteiger partial charge on any atom is 0.337 e. The summed E-state index contributed by atoms with van der Waals surface area (Å²) in [4.78, 5) is 13.4. The predicted molar refractivity (Wildman–Crippen MR) is 68.1 cm³/mol. The number of methoxy groups -OCH3 is 1. The third kappa shape index (κ3) is 2.61. The van der Waals surface area contributed by atoms with Gasteiger partial charge in [-0.15, -0.1) is 0 Å². The number of hydrogen-bond donors (Lipinski definition) is 1. The first-order valence-corrected chi connectivity index (χ1v) is 6.25. The van der Waals surface area contributed by atoms with Crippen molar-refractivity contribution in [3.8, 4) is 0 Å². The van der Waals surface area contributed by atoms with E-state index in [1.807, 2.05) is 11.0 Å². The summed E-state index contributed by atoms with van der Waals surface area (Å²) in [6, 6.07) is 5.34. The van der Waals surface area contributed by atoms with Gasteiger partial charge in [0, 0.05) is 16.7 Å². The molecule has 5 heteroatoms. The molecule has 0 amide bonds.